The van der Waals surface area contributed by atoms with Crippen molar-refractivity contribution in [1.29, 1.82) is 0 Å². The van der Waals surface area contributed by atoms with Crippen LogP contribution in [-0.4, -0.2) is 22.6 Å². The Labute approximate surface area is 73.9 Å². The van der Waals surface area contributed by atoms with Crippen LogP contribution in [0.15, 0.2) is 12.1 Å². The summed E-state index contributed by atoms with van der Waals surface area (Å²) in [6, 6.07) is 3.18. The van der Waals surface area contributed by atoms with Crippen molar-refractivity contribution < 1.29 is 4.79 Å². The van der Waals surface area contributed by atoms with Gasteiger partial charge in [0.2, 0.25) is 5.91 Å². The van der Waals surface area contributed by atoms with E-state index in [1.54, 1.807) is 12.1 Å². The van der Waals surface area contributed by atoms with Crippen molar-refractivity contribution in [3.8, 4) is 0 Å². The largest absolute Gasteiger partial charge is 0.368 e. The van der Waals surface area contributed by atoms with Crippen LogP contribution in [0, 0.1) is 0 Å². The first-order valence-electron chi connectivity index (χ1n) is 3.20. The van der Waals surface area contributed by atoms with E-state index >= 15 is 0 Å². The maximum absolute atomic E-state index is 10.3. The third-order valence-electron chi connectivity index (χ3n) is 1.08. The normalized spacial score (nSPS) is 9.42. The minimum atomic E-state index is -0.452. The van der Waals surface area contributed by atoms with Crippen LogP contribution in [0.5, 0.6) is 0 Å². The van der Waals surface area contributed by atoms with Gasteiger partial charge in [-0.3, -0.25) is 4.79 Å². The number of aromatic nitrogens is 2. The molecule has 0 aromatic carbocycles. The Balaban J connectivity index is 2.53. The fraction of sp³-hybridized carbons (Fsp3) is 0.167. The third-order valence-corrected chi connectivity index (χ3v) is 1.28. The van der Waals surface area contributed by atoms with Crippen molar-refractivity contribution in [1.82, 2.24) is 10.2 Å². The Morgan fingerprint density at radius 3 is 2.83 bits per heavy atom. The summed E-state index contributed by atoms with van der Waals surface area (Å²) in [5.41, 5.74) is 4.89. The number of carbonyl (C=O) groups excluding carboxylic acids is 1. The number of rotatable bonds is 3. The number of amides is 1. The maximum Gasteiger partial charge on any atom is 0.236 e. The average Bonchev–Trinajstić information content (AvgIpc) is 2.03. The highest BCUT2D eigenvalue weighted by Crippen LogP contribution is 2.04. The summed E-state index contributed by atoms with van der Waals surface area (Å²) < 4.78 is 0. The molecule has 5 nitrogen and oxygen atoms in total. The van der Waals surface area contributed by atoms with Gasteiger partial charge < -0.3 is 11.1 Å². The number of nitrogens with two attached hydrogens (primary N) is 1. The van der Waals surface area contributed by atoms with Gasteiger partial charge in [-0.1, -0.05) is 11.6 Å². The molecule has 1 heterocycles. The zero-order valence-electron chi connectivity index (χ0n) is 6.12. The van der Waals surface area contributed by atoms with Crippen molar-refractivity contribution in [2.45, 2.75) is 0 Å². The van der Waals surface area contributed by atoms with E-state index in [-0.39, 0.29) is 6.54 Å². The van der Waals surface area contributed by atoms with Gasteiger partial charge in [-0.15, -0.1) is 10.2 Å². The second-order valence-electron chi connectivity index (χ2n) is 2.06. The molecule has 0 atom stereocenters. The van der Waals surface area contributed by atoms with Gasteiger partial charge in [-0.2, -0.15) is 0 Å². The summed E-state index contributed by atoms with van der Waals surface area (Å²) in [5, 5.41) is 10.2. The summed E-state index contributed by atoms with van der Waals surface area (Å²) in [5.74, 6) is 0.0185. The Kier molecular flexibility index (Phi) is 2.82. The lowest BCUT2D eigenvalue weighted by molar-refractivity contribution is -0.116. The van der Waals surface area contributed by atoms with Gasteiger partial charge in [-0.05, 0) is 12.1 Å². The quantitative estimate of drug-likeness (QED) is 0.698. The van der Waals surface area contributed by atoms with Crippen molar-refractivity contribution in [3.05, 3.63) is 17.3 Å². The Morgan fingerprint density at radius 1 is 1.58 bits per heavy atom. The van der Waals surface area contributed by atoms with Gasteiger partial charge in [0.25, 0.3) is 0 Å². The lowest BCUT2D eigenvalue weighted by atomic mass is 10.5. The fourth-order valence-corrected chi connectivity index (χ4v) is 0.689. The van der Waals surface area contributed by atoms with Gasteiger partial charge in [0.1, 0.15) is 5.82 Å². The summed E-state index contributed by atoms with van der Waals surface area (Å²) >= 11 is 5.48. The van der Waals surface area contributed by atoms with E-state index in [9.17, 15) is 4.79 Å². The molecule has 12 heavy (non-hydrogen) atoms. The first-order chi connectivity index (χ1) is 5.68. The predicted octanol–water partition coefficient (Wildman–Crippen LogP) is 0.0272. The minimum absolute atomic E-state index is 0.0380. The topological polar surface area (TPSA) is 80.9 Å². The van der Waals surface area contributed by atoms with Crippen LogP contribution in [0.25, 0.3) is 0 Å². The predicted molar refractivity (Wildman–Crippen MR) is 44.7 cm³/mol. The minimum Gasteiger partial charge on any atom is -0.368 e. The molecule has 0 unspecified atom stereocenters. The van der Waals surface area contributed by atoms with Gasteiger partial charge in [0.05, 0.1) is 6.54 Å². The molecule has 0 radical (unpaired) electrons. The molecule has 0 saturated carbocycles. The molecule has 0 spiro atoms. The van der Waals surface area contributed by atoms with Gasteiger partial charge in [-0.25, -0.2) is 0 Å². The number of carbonyl (C=O) groups is 1. The molecular weight excluding hydrogens is 180 g/mol. The molecule has 0 aliphatic carbocycles. The molecule has 0 saturated heterocycles. The maximum atomic E-state index is 10.3. The monoisotopic (exact) mass is 186 g/mol. The lowest BCUT2D eigenvalue weighted by Gasteiger charge is -1.99. The number of anilines is 1. The number of nitrogens with one attached hydrogen (secondary N) is 1. The summed E-state index contributed by atoms with van der Waals surface area (Å²) in [6.45, 7) is 0.0380. The highest BCUT2D eigenvalue weighted by atomic mass is 35.5. The number of hydrogen-bond acceptors (Lipinski definition) is 4. The van der Waals surface area contributed by atoms with Crippen molar-refractivity contribution in [3.63, 3.8) is 0 Å². The van der Waals surface area contributed by atoms with Gasteiger partial charge >= 0.3 is 0 Å². The first-order valence-corrected chi connectivity index (χ1v) is 3.57. The zero-order valence-corrected chi connectivity index (χ0v) is 6.88. The van der Waals surface area contributed by atoms with Crippen LogP contribution < -0.4 is 11.1 Å². The second kappa shape index (κ2) is 3.87. The highest BCUT2D eigenvalue weighted by molar-refractivity contribution is 6.29. The zero-order chi connectivity index (χ0) is 8.97. The Hall–Kier alpha value is -1.36. The van der Waals surface area contributed by atoms with Crippen LogP contribution >= 0.6 is 11.6 Å². The molecule has 1 amide bonds. The van der Waals surface area contributed by atoms with E-state index in [1.165, 1.54) is 0 Å². The van der Waals surface area contributed by atoms with E-state index in [0.717, 1.165) is 0 Å². The molecule has 64 valence electrons. The summed E-state index contributed by atoms with van der Waals surface area (Å²) in [6.07, 6.45) is 0. The Morgan fingerprint density at radius 2 is 2.33 bits per heavy atom. The van der Waals surface area contributed by atoms with Crippen LogP contribution in [0.3, 0.4) is 0 Å². The van der Waals surface area contributed by atoms with E-state index in [0.29, 0.717) is 11.0 Å². The smallest absolute Gasteiger partial charge is 0.236 e. The molecule has 0 fully saturated rings. The average molecular weight is 187 g/mol. The molecular formula is C6H7ClN4O. The molecule has 0 aliphatic heterocycles. The number of primary amides is 1. The van der Waals surface area contributed by atoms with Crippen molar-refractivity contribution in [2.75, 3.05) is 11.9 Å². The number of nitrogens with zero attached hydrogens (tertiary/aromatic N) is 2. The van der Waals surface area contributed by atoms with E-state index in [1.807, 2.05) is 0 Å². The standard InChI is InChI=1S/C6H7ClN4O/c7-4-1-2-6(11-10-4)9-3-5(8)12/h1-2H,3H2,(H2,8,12)(H,9,11). The van der Waals surface area contributed by atoms with Crippen molar-refractivity contribution >= 4 is 23.3 Å². The van der Waals surface area contributed by atoms with E-state index in [2.05, 4.69) is 15.5 Å². The van der Waals surface area contributed by atoms with Crippen molar-refractivity contribution in [2.24, 2.45) is 5.73 Å². The first kappa shape index (κ1) is 8.73. The molecule has 1 aromatic heterocycles. The van der Waals surface area contributed by atoms with E-state index in [4.69, 9.17) is 17.3 Å². The fourth-order valence-electron chi connectivity index (χ4n) is 0.588. The van der Waals surface area contributed by atoms with Crippen LogP contribution in [0.1, 0.15) is 0 Å². The van der Waals surface area contributed by atoms with Crippen LogP contribution in [-0.2, 0) is 4.79 Å². The van der Waals surface area contributed by atoms with E-state index < -0.39 is 5.91 Å². The lowest BCUT2D eigenvalue weighted by Crippen LogP contribution is -2.22. The van der Waals surface area contributed by atoms with Gasteiger partial charge in [0, 0.05) is 0 Å². The number of halogens is 1. The van der Waals surface area contributed by atoms with Gasteiger partial charge in [0.15, 0.2) is 5.15 Å². The second-order valence-corrected chi connectivity index (χ2v) is 2.45. The summed E-state index contributed by atoms with van der Waals surface area (Å²) in [7, 11) is 0. The Bertz CT molecular complexity index is 273. The molecule has 0 aliphatic rings. The summed E-state index contributed by atoms with van der Waals surface area (Å²) in [4.78, 5) is 10.3. The number of hydrogen-bond donors (Lipinski definition) is 2. The molecule has 1 aromatic rings. The SMILES string of the molecule is NC(=O)CNc1ccc(Cl)nn1. The van der Waals surface area contributed by atoms with Crippen LogP contribution in [0.4, 0.5) is 5.82 Å². The molecule has 6 heteroatoms. The third kappa shape index (κ3) is 2.71. The van der Waals surface area contributed by atoms with Crippen LogP contribution in [0.2, 0.25) is 5.15 Å². The molecule has 0 bridgehead atoms. The molecule has 3 N–H and O–H groups in total. The highest BCUT2D eigenvalue weighted by Gasteiger charge is 1.96. The molecule has 1 rings (SSSR count).